The number of methoxy groups -OCH3 is 1. The lowest BCUT2D eigenvalue weighted by Gasteiger charge is -2.07. The molecule has 0 spiro atoms. The molecule has 3 aromatic rings. The lowest BCUT2D eigenvalue weighted by atomic mass is 10.1. The first-order chi connectivity index (χ1) is 13.3. The molecule has 0 bridgehead atoms. The molecule has 0 aliphatic heterocycles. The van der Waals surface area contributed by atoms with E-state index in [9.17, 15) is 14.9 Å². The molecule has 0 saturated heterocycles. The molecule has 0 saturated carbocycles. The topological polar surface area (TPSA) is 125 Å². The number of aromatic nitrogens is 3. The van der Waals surface area contributed by atoms with Crippen LogP contribution in [0.1, 0.15) is 33.2 Å². The molecule has 0 aliphatic rings. The van der Waals surface area contributed by atoms with Crippen LogP contribution in [0.5, 0.6) is 5.75 Å². The van der Waals surface area contributed by atoms with Crippen molar-refractivity contribution in [2.45, 2.75) is 27.3 Å². The summed E-state index contributed by atoms with van der Waals surface area (Å²) in [5, 5.41) is 22.0. The third kappa shape index (κ3) is 3.56. The molecule has 0 unspecified atom stereocenters. The zero-order chi connectivity index (χ0) is 20.4. The highest BCUT2D eigenvalue weighted by atomic mass is 16.6. The molecule has 0 atom stereocenters. The Balaban J connectivity index is 1.86. The van der Waals surface area contributed by atoms with Crippen molar-refractivity contribution >= 4 is 17.3 Å². The molecule has 1 N–H and O–H groups in total. The maximum absolute atomic E-state index is 12.7. The number of carbonyl (C=O) groups is 1. The van der Waals surface area contributed by atoms with Crippen LogP contribution in [0.15, 0.2) is 28.8 Å². The summed E-state index contributed by atoms with van der Waals surface area (Å²) in [4.78, 5) is 23.4. The number of benzene rings is 1. The minimum Gasteiger partial charge on any atom is -0.497 e. The van der Waals surface area contributed by atoms with Gasteiger partial charge in [0.2, 0.25) is 0 Å². The lowest BCUT2D eigenvalue weighted by molar-refractivity contribution is -0.386. The minimum atomic E-state index is -0.466. The summed E-state index contributed by atoms with van der Waals surface area (Å²) in [5.41, 5.74) is 1.83. The van der Waals surface area contributed by atoms with Crippen LogP contribution in [0.2, 0.25) is 0 Å². The molecular formula is C18H19N5O5. The standard InChI is InChI=1S/C18H19N5O5/c1-10-17(23(25)26)11(2)22(20-10)9-15-12(3)28-21-16(15)18(24)19-13-5-7-14(27-4)8-6-13/h5-8H,9H2,1-4H3,(H,19,24). The molecule has 0 radical (unpaired) electrons. The highest BCUT2D eigenvalue weighted by Crippen LogP contribution is 2.24. The van der Waals surface area contributed by atoms with E-state index >= 15 is 0 Å². The Morgan fingerprint density at radius 2 is 1.96 bits per heavy atom. The van der Waals surface area contributed by atoms with E-state index in [-0.39, 0.29) is 17.9 Å². The molecule has 146 valence electrons. The van der Waals surface area contributed by atoms with Gasteiger partial charge < -0.3 is 14.6 Å². The second-order valence-electron chi connectivity index (χ2n) is 6.18. The number of nitrogens with one attached hydrogen (secondary N) is 1. The van der Waals surface area contributed by atoms with E-state index in [1.54, 1.807) is 52.1 Å². The monoisotopic (exact) mass is 385 g/mol. The first-order valence-corrected chi connectivity index (χ1v) is 8.40. The van der Waals surface area contributed by atoms with Gasteiger partial charge in [-0.25, -0.2) is 0 Å². The fraction of sp³-hybridized carbons (Fsp3) is 0.278. The molecule has 1 aromatic carbocycles. The van der Waals surface area contributed by atoms with Gasteiger partial charge in [0.25, 0.3) is 5.91 Å². The Kier molecular flexibility index (Phi) is 5.12. The van der Waals surface area contributed by atoms with Gasteiger partial charge in [0.15, 0.2) is 5.69 Å². The van der Waals surface area contributed by atoms with E-state index in [0.29, 0.717) is 34.1 Å². The fourth-order valence-corrected chi connectivity index (χ4v) is 2.88. The summed E-state index contributed by atoms with van der Waals surface area (Å²) in [6, 6.07) is 6.85. The quantitative estimate of drug-likeness (QED) is 0.510. The van der Waals surface area contributed by atoms with E-state index in [1.807, 2.05) is 0 Å². The molecule has 0 aliphatic carbocycles. The molecule has 2 heterocycles. The highest BCUT2D eigenvalue weighted by Gasteiger charge is 2.25. The van der Waals surface area contributed by atoms with Crippen LogP contribution < -0.4 is 10.1 Å². The van der Waals surface area contributed by atoms with Crippen molar-refractivity contribution in [1.29, 1.82) is 0 Å². The summed E-state index contributed by atoms with van der Waals surface area (Å²) in [7, 11) is 1.56. The summed E-state index contributed by atoms with van der Waals surface area (Å²) in [5.74, 6) is 0.658. The van der Waals surface area contributed by atoms with Crippen molar-refractivity contribution in [3.8, 4) is 5.75 Å². The third-order valence-electron chi connectivity index (χ3n) is 4.38. The molecule has 0 fully saturated rings. The number of amides is 1. The Bertz CT molecular complexity index is 1040. The highest BCUT2D eigenvalue weighted by molar-refractivity contribution is 6.03. The number of hydrogen-bond donors (Lipinski definition) is 1. The maximum atomic E-state index is 12.7. The van der Waals surface area contributed by atoms with Crippen LogP contribution in [0, 0.1) is 30.9 Å². The van der Waals surface area contributed by atoms with Crippen molar-refractivity contribution in [3.63, 3.8) is 0 Å². The van der Waals surface area contributed by atoms with Crippen LogP contribution in [0.3, 0.4) is 0 Å². The average Bonchev–Trinajstić information content (AvgIpc) is 3.15. The zero-order valence-corrected chi connectivity index (χ0v) is 15.8. The van der Waals surface area contributed by atoms with Gasteiger partial charge in [0, 0.05) is 11.3 Å². The van der Waals surface area contributed by atoms with E-state index in [4.69, 9.17) is 9.26 Å². The molecular weight excluding hydrogens is 366 g/mol. The minimum absolute atomic E-state index is 0.0432. The second kappa shape index (κ2) is 7.51. The predicted molar refractivity (Wildman–Crippen MR) is 99.6 cm³/mol. The van der Waals surface area contributed by atoms with Gasteiger partial charge in [-0.15, -0.1) is 0 Å². The number of carbonyl (C=O) groups excluding carboxylic acids is 1. The first kappa shape index (κ1) is 19.1. The number of ether oxygens (including phenoxy) is 1. The van der Waals surface area contributed by atoms with Crippen LogP contribution in [0.25, 0.3) is 0 Å². The Morgan fingerprint density at radius 1 is 1.29 bits per heavy atom. The predicted octanol–water partition coefficient (Wildman–Crippen LogP) is 3.01. The van der Waals surface area contributed by atoms with Gasteiger partial charge in [-0.05, 0) is 45.0 Å². The Labute approximate surface area is 160 Å². The van der Waals surface area contributed by atoms with Crippen LogP contribution in [0.4, 0.5) is 11.4 Å². The van der Waals surface area contributed by atoms with Crippen molar-refractivity contribution in [3.05, 3.63) is 62.8 Å². The van der Waals surface area contributed by atoms with Gasteiger partial charge in [0.05, 0.1) is 18.6 Å². The molecule has 10 heteroatoms. The van der Waals surface area contributed by atoms with Gasteiger partial charge in [-0.2, -0.15) is 5.10 Å². The normalized spacial score (nSPS) is 10.7. The molecule has 28 heavy (non-hydrogen) atoms. The zero-order valence-electron chi connectivity index (χ0n) is 15.8. The van der Waals surface area contributed by atoms with Gasteiger partial charge in [0.1, 0.15) is 22.9 Å². The number of aryl methyl sites for hydroxylation is 2. The number of nitrogens with zero attached hydrogens (tertiary/aromatic N) is 4. The average molecular weight is 385 g/mol. The Hall–Kier alpha value is -3.69. The SMILES string of the molecule is COc1ccc(NC(=O)c2noc(C)c2Cn2nc(C)c([N+](=O)[O-])c2C)cc1. The maximum Gasteiger partial charge on any atom is 0.312 e. The second-order valence-corrected chi connectivity index (χ2v) is 6.18. The van der Waals surface area contributed by atoms with E-state index < -0.39 is 10.8 Å². The summed E-state index contributed by atoms with van der Waals surface area (Å²) in [6.07, 6.45) is 0. The summed E-state index contributed by atoms with van der Waals surface area (Å²) >= 11 is 0. The Morgan fingerprint density at radius 3 is 2.54 bits per heavy atom. The molecule has 10 nitrogen and oxygen atoms in total. The van der Waals surface area contributed by atoms with Crippen molar-refractivity contribution < 1.29 is 19.0 Å². The lowest BCUT2D eigenvalue weighted by Crippen LogP contribution is -2.16. The van der Waals surface area contributed by atoms with Crippen LogP contribution in [-0.4, -0.2) is 32.9 Å². The first-order valence-electron chi connectivity index (χ1n) is 8.40. The molecule has 2 aromatic heterocycles. The molecule has 3 rings (SSSR count). The number of anilines is 1. The fourth-order valence-electron chi connectivity index (χ4n) is 2.88. The van der Waals surface area contributed by atoms with Crippen molar-refractivity contribution in [2.24, 2.45) is 0 Å². The van der Waals surface area contributed by atoms with Gasteiger partial charge in [-0.3, -0.25) is 19.6 Å². The van der Waals surface area contributed by atoms with Gasteiger partial charge >= 0.3 is 5.69 Å². The van der Waals surface area contributed by atoms with E-state index in [0.717, 1.165) is 0 Å². The number of hydrogen-bond acceptors (Lipinski definition) is 7. The summed E-state index contributed by atoms with van der Waals surface area (Å²) in [6.45, 7) is 4.98. The number of rotatable bonds is 6. The van der Waals surface area contributed by atoms with Crippen LogP contribution >= 0.6 is 0 Å². The molecule has 1 amide bonds. The van der Waals surface area contributed by atoms with Crippen molar-refractivity contribution in [2.75, 3.05) is 12.4 Å². The smallest absolute Gasteiger partial charge is 0.312 e. The van der Waals surface area contributed by atoms with Gasteiger partial charge in [-0.1, -0.05) is 5.16 Å². The summed E-state index contributed by atoms with van der Waals surface area (Å²) < 4.78 is 11.7. The van der Waals surface area contributed by atoms with E-state index in [1.165, 1.54) is 4.68 Å². The van der Waals surface area contributed by atoms with E-state index in [2.05, 4.69) is 15.6 Å². The van der Waals surface area contributed by atoms with Crippen LogP contribution in [-0.2, 0) is 6.54 Å². The number of nitro groups is 1. The third-order valence-corrected chi connectivity index (χ3v) is 4.38. The van der Waals surface area contributed by atoms with Crippen molar-refractivity contribution in [1.82, 2.24) is 14.9 Å². The largest absolute Gasteiger partial charge is 0.497 e.